The van der Waals surface area contributed by atoms with Gasteiger partial charge in [-0.3, -0.25) is 0 Å². The van der Waals surface area contributed by atoms with Crippen molar-refractivity contribution in [2.75, 3.05) is 0 Å². The molecule has 25 heavy (non-hydrogen) atoms. The number of halogens is 1. The average Bonchev–Trinajstić information content (AvgIpc) is 3.19. The molecule has 0 radical (unpaired) electrons. The zero-order chi connectivity index (χ0) is 17.4. The van der Waals surface area contributed by atoms with Crippen LogP contribution in [0.1, 0.15) is 25.7 Å². The molecule has 0 N–H and O–H groups in total. The molecule has 0 aliphatic carbocycles. The summed E-state index contributed by atoms with van der Waals surface area (Å²) in [4.78, 5) is 17.4. The molecular weight excluding hydrogens is 319 g/mol. The molecule has 7 heteroatoms. The predicted octanol–water partition coefficient (Wildman–Crippen LogP) is 3.46. The van der Waals surface area contributed by atoms with Gasteiger partial charge in [0.2, 0.25) is 5.95 Å². The molecular formula is C18H17FN6. The minimum absolute atomic E-state index is 0.217. The Bertz CT molecular complexity index is 1030. The zero-order valence-electron chi connectivity index (χ0n) is 14.0. The van der Waals surface area contributed by atoms with Crippen LogP contribution in [0.25, 0.3) is 22.7 Å². The molecule has 0 saturated heterocycles. The van der Waals surface area contributed by atoms with Crippen LogP contribution in [-0.2, 0) is 6.54 Å². The van der Waals surface area contributed by atoms with Crippen LogP contribution in [-0.4, -0.2) is 29.1 Å². The van der Waals surface area contributed by atoms with Gasteiger partial charge in [-0.15, -0.1) is 0 Å². The van der Waals surface area contributed by atoms with Gasteiger partial charge in [0.1, 0.15) is 17.0 Å². The van der Waals surface area contributed by atoms with Crippen LogP contribution >= 0.6 is 0 Å². The molecule has 126 valence electrons. The number of aromatic nitrogens is 6. The molecule has 6 nitrogen and oxygen atoms in total. The number of pyridine rings is 2. The fourth-order valence-corrected chi connectivity index (χ4v) is 2.99. The maximum Gasteiger partial charge on any atom is 0.213 e. The van der Waals surface area contributed by atoms with E-state index >= 15 is 0 Å². The van der Waals surface area contributed by atoms with Crippen molar-refractivity contribution in [2.45, 2.75) is 26.4 Å². The van der Waals surface area contributed by atoms with Gasteiger partial charge >= 0.3 is 0 Å². The highest BCUT2D eigenvalue weighted by molar-refractivity contribution is 5.71. The minimum Gasteiger partial charge on any atom is -0.322 e. The fourth-order valence-electron chi connectivity index (χ4n) is 2.99. The maximum absolute atomic E-state index is 13.5. The molecule has 0 aliphatic heterocycles. The third-order valence-corrected chi connectivity index (χ3v) is 4.01. The van der Waals surface area contributed by atoms with Gasteiger partial charge in [-0.05, 0) is 38.1 Å². The second-order valence-corrected chi connectivity index (χ2v) is 6.06. The SMILES string of the molecule is CC(C)n1c(Cn2ccnc2-c2cccc(F)n2)nc2cccnc21. The van der Waals surface area contributed by atoms with Crippen LogP contribution in [0.4, 0.5) is 4.39 Å². The van der Waals surface area contributed by atoms with E-state index in [2.05, 4.69) is 33.4 Å². The smallest absolute Gasteiger partial charge is 0.213 e. The van der Waals surface area contributed by atoms with E-state index in [-0.39, 0.29) is 6.04 Å². The summed E-state index contributed by atoms with van der Waals surface area (Å²) in [6, 6.07) is 8.74. The van der Waals surface area contributed by atoms with E-state index in [0.29, 0.717) is 18.1 Å². The summed E-state index contributed by atoms with van der Waals surface area (Å²) >= 11 is 0. The first-order valence-corrected chi connectivity index (χ1v) is 8.09. The first-order valence-electron chi connectivity index (χ1n) is 8.09. The molecule has 0 atom stereocenters. The van der Waals surface area contributed by atoms with Crippen molar-refractivity contribution in [1.82, 2.24) is 29.1 Å². The molecule has 0 aromatic carbocycles. The van der Waals surface area contributed by atoms with Crippen LogP contribution in [0.5, 0.6) is 0 Å². The Morgan fingerprint density at radius 2 is 1.92 bits per heavy atom. The van der Waals surface area contributed by atoms with Gasteiger partial charge in [0.15, 0.2) is 11.5 Å². The number of hydrogen-bond donors (Lipinski definition) is 0. The summed E-state index contributed by atoms with van der Waals surface area (Å²) in [5, 5.41) is 0. The van der Waals surface area contributed by atoms with Crippen molar-refractivity contribution in [3.63, 3.8) is 0 Å². The van der Waals surface area contributed by atoms with Crippen molar-refractivity contribution in [1.29, 1.82) is 0 Å². The third kappa shape index (κ3) is 2.77. The Kier molecular flexibility index (Phi) is 3.76. The Balaban J connectivity index is 1.78. The fraction of sp³-hybridized carbons (Fsp3) is 0.222. The van der Waals surface area contributed by atoms with Crippen LogP contribution in [0.2, 0.25) is 0 Å². The van der Waals surface area contributed by atoms with Gasteiger partial charge in [0.25, 0.3) is 0 Å². The Labute approximate surface area is 144 Å². The van der Waals surface area contributed by atoms with Crippen LogP contribution in [0.3, 0.4) is 0 Å². The van der Waals surface area contributed by atoms with E-state index in [1.165, 1.54) is 6.07 Å². The molecule has 0 amide bonds. The lowest BCUT2D eigenvalue weighted by atomic mass is 10.3. The molecule has 4 aromatic rings. The Morgan fingerprint density at radius 3 is 2.72 bits per heavy atom. The number of rotatable bonds is 4. The topological polar surface area (TPSA) is 61.4 Å². The molecule has 4 rings (SSSR count). The van der Waals surface area contributed by atoms with Gasteiger partial charge < -0.3 is 9.13 Å². The standard InChI is InChI=1S/C18H17FN6/c1-12(2)25-16(23-14-6-4-8-20-18(14)25)11-24-10-9-21-17(24)13-5-3-7-15(19)22-13/h3-10,12H,11H2,1-2H3. The summed E-state index contributed by atoms with van der Waals surface area (Å²) in [7, 11) is 0. The van der Waals surface area contributed by atoms with Crippen molar-refractivity contribution >= 4 is 11.2 Å². The summed E-state index contributed by atoms with van der Waals surface area (Å²) in [5.74, 6) is 0.958. The number of nitrogens with zero attached hydrogens (tertiary/aromatic N) is 6. The van der Waals surface area contributed by atoms with Crippen molar-refractivity contribution in [3.8, 4) is 11.5 Å². The lowest BCUT2D eigenvalue weighted by Crippen LogP contribution is -2.11. The summed E-state index contributed by atoms with van der Waals surface area (Å²) < 4.78 is 17.5. The quantitative estimate of drug-likeness (QED) is 0.536. The maximum atomic E-state index is 13.5. The van der Waals surface area contributed by atoms with Crippen molar-refractivity contribution in [3.05, 3.63) is 60.7 Å². The van der Waals surface area contributed by atoms with Gasteiger partial charge in [-0.1, -0.05) is 6.07 Å². The van der Waals surface area contributed by atoms with E-state index in [4.69, 9.17) is 4.98 Å². The van der Waals surface area contributed by atoms with Gasteiger partial charge in [-0.2, -0.15) is 4.39 Å². The molecule has 0 unspecified atom stereocenters. The summed E-state index contributed by atoms with van der Waals surface area (Å²) in [6.45, 7) is 4.70. The lowest BCUT2D eigenvalue weighted by molar-refractivity contribution is 0.564. The van der Waals surface area contributed by atoms with Crippen molar-refractivity contribution in [2.24, 2.45) is 0 Å². The predicted molar refractivity (Wildman–Crippen MR) is 92.4 cm³/mol. The highest BCUT2D eigenvalue weighted by atomic mass is 19.1. The zero-order valence-corrected chi connectivity index (χ0v) is 14.0. The lowest BCUT2D eigenvalue weighted by Gasteiger charge is -2.13. The highest BCUT2D eigenvalue weighted by Crippen LogP contribution is 2.22. The highest BCUT2D eigenvalue weighted by Gasteiger charge is 2.16. The minimum atomic E-state index is -0.523. The van der Waals surface area contributed by atoms with E-state index in [1.54, 1.807) is 24.5 Å². The van der Waals surface area contributed by atoms with Crippen LogP contribution < -0.4 is 0 Å². The molecule has 4 heterocycles. The van der Waals surface area contributed by atoms with E-state index in [0.717, 1.165) is 17.0 Å². The van der Waals surface area contributed by atoms with Crippen LogP contribution in [0, 0.1) is 5.95 Å². The number of imidazole rings is 2. The van der Waals surface area contributed by atoms with Crippen molar-refractivity contribution < 1.29 is 4.39 Å². The number of fused-ring (bicyclic) bond motifs is 1. The third-order valence-electron chi connectivity index (χ3n) is 4.01. The normalized spacial score (nSPS) is 11.5. The molecule has 0 saturated carbocycles. The molecule has 0 spiro atoms. The van der Waals surface area contributed by atoms with Gasteiger partial charge in [0.05, 0.1) is 6.54 Å². The van der Waals surface area contributed by atoms with Gasteiger partial charge in [0, 0.05) is 24.6 Å². The average molecular weight is 336 g/mol. The van der Waals surface area contributed by atoms with E-state index in [9.17, 15) is 4.39 Å². The molecule has 0 aliphatic rings. The molecule has 0 bridgehead atoms. The largest absolute Gasteiger partial charge is 0.322 e. The van der Waals surface area contributed by atoms with E-state index < -0.39 is 5.95 Å². The Hall–Kier alpha value is -3.09. The Morgan fingerprint density at radius 1 is 1.04 bits per heavy atom. The second kappa shape index (κ2) is 6.08. The second-order valence-electron chi connectivity index (χ2n) is 6.06. The molecule has 4 aromatic heterocycles. The number of hydrogen-bond acceptors (Lipinski definition) is 4. The monoisotopic (exact) mass is 336 g/mol. The first kappa shape index (κ1) is 15.4. The van der Waals surface area contributed by atoms with E-state index in [1.807, 2.05) is 22.9 Å². The van der Waals surface area contributed by atoms with Gasteiger partial charge in [-0.25, -0.2) is 19.9 Å². The molecule has 0 fully saturated rings. The summed E-state index contributed by atoms with van der Waals surface area (Å²) in [5.41, 5.74) is 2.21. The first-order chi connectivity index (χ1) is 12.1. The van der Waals surface area contributed by atoms with Crippen LogP contribution in [0.15, 0.2) is 48.9 Å². The summed E-state index contributed by atoms with van der Waals surface area (Å²) in [6.07, 6.45) is 5.30.